The minimum absolute atomic E-state index is 0. The molecule has 2 aliphatic carbocycles. The number of hydrogen-bond acceptors (Lipinski definition) is 6. The number of aromatic amines is 1. The molecule has 0 atom stereocenters. The first-order valence-corrected chi connectivity index (χ1v) is 13.0. The molecule has 2 fully saturated rings. The molecule has 36 heavy (non-hydrogen) atoms. The van der Waals surface area contributed by atoms with E-state index in [2.05, 4.69) is 63.0 Å². The molecule has 1 N–H and O–H groups in total. The molecule has 7 rings (SSSR count). The van der Waals surface area contributed by atoms with E-state index in [4.69, 9.17) is 24.7 Å². The van der Waals surface area contributed by atoms with Gasteiger partial charge in [-0.25, -0.2) is 4.98 Å². The van der Waals surface area contributed by atoms with Crippen molar-refractivity contribution in [3.63, 3.8) is 0 Å². The second kappa shape index (κ2) is 9.02. The summed E-state index contributed by atoms with van der Waals surface area (Å²) in [4.78, 5) is 25.9. The van der Waals surface area contributed by atoms with E-state index in [0.29, 0.717) is 36.9 Å². The van der Waals surface area contributed by atoms with Crippen molar-refractivity contribution in [1.82, 2.24) is 29.5 Å². The first-order valence-electron chi connectivity index (χ1n) is 13.0. The minimum Gasteiger partial charge on any atom is -0.378 e. The predicted molar refractivity (Wildman–Crippen MR) is 142 cm³/mol. The van der Waals surface area contributed by atoms with Gasteiger partial charge in [-0.3, -0.25) is 4.57 Å². The van der Waals surface area contributed by atoms with Crippen LogP contribution in [0.5, 0.6) is 0 Å². The molecule has 4 heterocycles. The molecule has 1 aromatic carbocycles. The summed E-state index contributed by atoms with van der Waals surface area (Å²) in [7, 11) is 0. The topological polar surface area (TPSA) is 84.8 Å². The molecule has 0 spiro atoms. The molecule has 1 saturated carbocycles. The van der Waals surface area contributed by atoms with Gasteiger partial charge in [-0.2, -0.15) is 15.0 Å². The van der Waals surface area contributed by atoms with Crippen LogP contribution in [0, 0.1) is 0 Å². The third kappa shape index (κ3) is 3.73. The number of morpholine rings is 1. The average Bonchev–Trinajstić information content (AvgIpc) is 3.66. The Balaban J connectivity index is 0.00000252. The molecule has 0 radical (unpaired) electrons. The highest BCUT2D eigenvalue weighted by molar-refractivity contribution is 5.93. The van der Waals surface area contributed by atoms with Gasteiger partial charge in [0, 0.05) is 49.5 Å². The Hall–Kier alpha value is -3.78. The normalized spacial score (nSPS) is 18.2. The maximum atomic E-state index is 5.61. The smallest absolute Gasteiger partial charge is 0.240 e. The largest absolute Gasteiger partial charge is 0.378 e. The highest BCUT2D eigenvalue weighted by Crippen LogP contribution is 2.37. The summed E-state index contributed by atoms with van der Waals surface area (Å²) < 4.78 is 7.85. The van der Waals surface area contributed by atoms with Gasteiger partial charge in [-0.1, -0.05) is 43.2 Å². The van der Waals surface area contributed by atoms with Gasteiger partial charge in [0.1, 0.15) is 5.82 Å². The third-order valence-corrected chi connectivity index (χ3v) is 7.50. The quantitative estimate of drug-likeness (QED) is 0.438. The Labute approximate surface area is 211 Å². The molecule has 184 valence electrons. The maximum absolute atomic E-state index is 5.61. The van der Waals surface area contributed by atoms with E-state index in [9.17, 15) is 0 Å². The summed E-state index contributed by atoms with van der Waals surface area (Å²) in [5.41, 5.74) is 4.23. The van der Waals surface area contributed by atoms with Crippen molar-refractivity contribution in [3.8, 4) is 17.3 Å². The first kappa shape index (κ1) is 21.5. The molecule has 4 aromatic rings. The number of anilines is 1. The van der Waals surface area contributed by atoms with E-state index in [1.807, 2.05) is 6.20 Å². The van der Waals surface area contributed by atoms with E-state index in [1.165, 1.54) is 12.8 Å². The van der Waals surface area contributed by atoms with Crippen LogP contribution >= 0.6 is 0 Å². The van der Waals surface area contributed by atoms with Crippen molar-refractivity contribution in [3.05, 3.63) is 65.9 Å². The Kier molecular flexibility index (Phi) is 5.39. The Morgan fingerprint density at radius 2 is 1.81 bits per heavy atom. The zero-order valence-electron chi connectivity index (χ0n) is 20.2. The SMILES string of the molecule is C1=CCc2c(nc(C3CCCC3)n2-c2nc(-c3cccc4[nH]ccc34)nc(N3CCOCC3)n2)C=C1.[HH]. The standard InChI is InChI=1S/C28H29N7O.H2/c1-2-10-23-24(12-3-1)35(26(30-23)19-7-4-5-8-19)28-32-25(21-9-6-11-22-20(21)13-14-29-22)31-27(33-28)34-15-17-36-18-16-34;/h1-3,6,9-11,13-14,19,29H,4-5,7-8,12,15-18H2;1H. The number of nitrogens with one attached hydrogen (secondary N) is 1. The monoisotopic (exact) mass is 481 g/mol. The molecule has 1 aliphatic heterocycles. The minimum atomic E-state index is 0. The van der Waals surface area contributed by atoms with Crippen molar-refractivity contribution in [2.24, 2.45) is 0 Å². The van der Waals surface area contributed by atoms with Crippen molar-refractivity contribution < 1.29 is 6.16 Å². The van der Waals surface area contributed by atoms with Crippen LogP contribution in [0.25, 0.3) is 34.3 Å². The summed E-state index contributed by atoms with van der Waals surface area (Å²) >= 11 is 0. The lowest BCUT2D eigenvalue weighted by molar-refractivity contribution is 0.122. The lowest BCUT2D eigenvalue weighted by atomic mass is 10.1. The number of H-pyrrole nitrogens is 1. The zero-order chi connectivity index (χ0) is 23.9. The molecule has 3 aromatic heterocycles. The first-order chi connectivity index (χ1) is 17.8. The van der Waals surface area contributed by atoms with Crippen LogP contribution in [-0.4, -0.2) is 55.8 Å². The summed E-state index contributed by atoms with van der Waals surface area (Å²) in [6.07, 6.45) is 16.0. The van der Waals surface area contributed by atoms with Crippen LogP contribution in [-0.2, 0) is 11.2 Å². The van der Waals surface area contributed by atoms with E-state index in [1.54, 1.807) is 0 Å². The second-order valence-electron chi connectivity index (χ2n) is 9.71. The predicted octanol–water partition coefficient (Wildman–Crippen LogP) is 5.07. The van der Waals surface area contributed by atoms with Gasteiger partial charge in [0.05, 0.1) is 24.6 Å². The third-order valence-electron chi connectivity index (χ3n) is 7.50. The Morgan fingerprint density at radius 3 is 2.69 bits per heavy atom. The lowest BCUT2D eigenvalue weighted by Crippen LogP contribution is -2.37. The number of hydrogen-bond donors (Lipinski definition) is 1. The zero-order valence-corrected chi connectivity index (χ0v) is 20.2. The van der Waals surface area contributed by atoms with Crippen LogP contribution in [0.1, 0.15) is 50.2 Å². The van der Waals surface area contributed by atoms with E-state index >= 15 is 0 Å². The van der Waals surface area contributed by atoms with Crippen LogP contribution in [0.3, 0.4) is 0 Å². The fourth-order valence-corrected chi connectivity index (χ4v) is 5.67. The molecule has 0 amide bonds. The van der Waals surface area contributed by atoms with E-state index in [0.717, 1.165) is 66.0 Å². The molecule has 0 bridgehead atoms. The van der Waals surface area contributed by atoms with Gasteiger partial charge in [-0.05, 0) is 31.1 Å². The molecule has 0 unspecified atom stereocenters. The number of ether oxygens (including phenoxy) is 1. The van der Waals surface area contributed by atoms with Crippen molar-refractivity contribution >= 4 is 22.9 Å². The Bertz CT molecular complexity index is 1480. The number of aromatic nitrogens is 6. The van der Waals surface area contributed by atoms with Crippen molar-refractivity contribution in [2.45, 2.75) is 38.0 Å². The van der Waals surface area contributed by atoms with E-state index < -0.39 is 0 Å². The molecule has 8 nitrogen and oxygen atoms in total. The van der Waals surface area contributed by atoms with E-state index in [-0.39, 0.29) is 1.43 Å². The fraction of sp³-hybridized carbons (Fsp3) is 0.357. The number of benzene rings is 1. The molecule has 8 heteroatoms. The van der Waals surface area contributed by atoms with Gasteiger partial charge < -0.3 is 14.6 Å². The van der Waals surface area contributed by atoms with Crippen LogP contribution in [0.2, 0.25) is 0 Å². The van der Waals surface area contributed by atoms with Crippen molar-refractivity contribution in [2.75, 3.05) is 31.2 Å². The number of rotatable bonds is 4. The number of imidazole rings is 1. The average molecular weight is 482 g/mol. The van der Waals surface area contributed by atoms with Crippen LogP contribution < -0.4 is 4.90 Å². The molecule has 3 aliphatic rings. The van der Waals surface area contributed by atoms with Gasteiger partial charge in [0.2, 0.25) is 11.9 Å². The summed E-state index contributed by atoms with van der Waals surface area (Å²) in [5.74, 6) is 3.56. The number of nitrogens with zero attached hydrogens (tertiary/aromatic N) is 6. The highest BCUT2D eigenvalue weighted by atomic mass is 16.5. The second-order valence-corrected chi connectivity index (χ2v) is 9.71. The summed E-state index contributed by atoms with van der Waals surface area (Å²) in [6.45, 7) is 2.88. The van der Waals surface area contributed by atoms with Gasteiger partial charge in [0.15, 0.2) is 5.82 Å². The summed E-state index contributed by atoms with van der Waals surface area (Å²) in [5, 5.41) is 1.11. The van der Waals surface area contributed by atoms with Crippen molar-refractivity contribution in [1.29, 1.82) is 0 Å². The maximum Gasteiger partial charge on any atom is 0.240 e. The van der Waals surface area contributed by atoms with Crippen LogP contribution in [0.4, 0.5) is 5.95 Å². The van der Waals surface area contributed by atoms with Gasteiger partial charge in [0.25, 0.3) is 0 Å². The number of allylic oxidation sites excluding steroid dienone is 3. The molecular formula is C28H31N7O. The summed E-state index contributed by atoms with van der Waals surface area (Å²) in [6, 6.07) is 8.31. The number of fused-ring (bicyclic) bond motifs is 2. The molecular weight excluding hydrogens is 450 g/mol. The fourth-order valence-electron chi connectivity index (χ4n) is 5.67. The highest BCUT2D eigenvalue weighted by Gasteiger charge is 2.29. The lowest BCUT2D eigenvalue weighted by Gasteiger charge is -2.27. The molecule has 1 saturated heterocycles. The Morgan fingerprint density at radius 1 is 0.944 bits per heavy atom. The van der Waals surface area contributed by atoms with Gasteiger partial charge in [-0.15, -0.1) is 0 Å². The van der Waals surface area contributed by atoms with Crippen LogP contribution in [0.15, 0.2) is 48.7 Å². The van der Waals surface area contributed by atoms with Gasteiger partial charge >= 0.3 is 0 Å².